The van der Waals surface area contributed by atoms with Crippen LogP contribution in [0.5, 0.6) is 0 Å². The van der Waals surface area contributed by atoms with Gasteiger partial charge in [0.1, 0.15) is 0 Å². The number of nitrogens with one attached hydrogen (secondary N) is 1. The highest BCUT2D eigenvalue weighted by atomic mass is 32.1. The van der Waals surface area contributed by atoms with Crippen molar-refractivity contribution in [2.24, 2.45) is 0 Å². The van der Waals surface area contributed by atoms with E-state index < -0.39 is 0 Å². The van der Waals surface area contributed by atoms with E-state index >= 15 is 0 Å². The molecule has 2 rings (SSSR count). The molecule has 2 nitrogen and oxygen atoms in total. The molecule has 3 atom stereocenters. The number of thiophene rings is 1. The molecule has 1 aliphatic rings. The van der Waals surface area contributed by atoms with Crippen molar-refractivity contribution < 1.29 is 0 Å². The molecule has 1 fully saturated rings. The average molecular weight is 266 g/mol. The zero-order valence-corrected chi connectivity index (χ0v) is 13.1. The first-order chi connectivity index (χ1) is 8.52. The molecule has 1 aromatic heterocycles. The van der Waals surface area contributed by atoms with Gasteiger partial charge in [-0.3, -0.25) is 4.90 Å². The summed E-state index contributed by atoms with van der Waals surface area (Å²) in [5.41, 5.74) is 1.53. The van der Waals surface area contributed by atoms with Crippen LogP contribution in [0.25, 0.3) is 0 Å². The van der Waals surface area contributed by atoms with E-state index in [4.69, 9.17) is 0 Å². The van der Waals surface area contributed by atoms with Gasteiger partial charge in [0.05, 0.1) is 0 Å². The van der Waals surface area contributed by atoms with Gasteiger partial charge in [0.15, 0.2) is 0 Å². The lowest BCUT2D eigenvalue weighted by Crippen LogP contribution is -2.47. The average Bonchev–Trinajstić information content (AvgIpc) is 2.67. The van der Waals surface area contributed by atoms with Gasteiger partial charge in [0.2, 0.25) is 0 Å². The number of likely N-dealkylation sites (tertiary alicyclic amines) is 1. The highest BCUT2D eigenvalue weighted by Gasteiger charge is 2.29. The third-order valence-electron chi connectivity index (χ3n) is 4.36. The maximum Gasteiger partial charge on any atom is 0.0333 e. The molecule has 102 valence electrons. The topological polar surface area (TPSA) is 15.3 Å². The molecular formula is C15H26N2S. The molecule has 1 aliphatic heterocycles. The summed E-state index contributed by atoms with van der Waals surface area (Å²) in [7, 11) is 2.09. The molecule has 0 saturated carbocycles. The summed E-state index contributed by atoms with van der Waals surface area (Å²) in [6, 6.07) is 4.31. The van der Waals surface area contributed by atoms with Gasteiger partial charge in [-0.05, 0) is 59.2 Å². The largest absolute Gasteiger partial charge is 0.317 e. The molecule has 1 N–H and O–H groups in total. The minimum atomic E-state index is 0.558. The molecule has 0 spiro atoms. The summed E-state index contributed by atoms with van der Waals surface area (Å²) in [5.74, 6) is 0. The van der Waals surface area contributed by atoms with E-state index in [1.54, 1.807) is 0 Å². The van der Waals surface area contributed by atoms with E-state index in [2.05, 4.69) is 51.0 Å². The Balaban J connectivity index is 2.10. The molecule has 0 aliphatic carbocycles. The summed E-state index contributed by atoms with van der Waals surface area (Å²) in [5, 5.41) is 3.42. The van der Waals surface area contributed by atoms with Gasteiger partial charge >= 0.3 is 0 Å². The van der Waals surface area contributed by atoms with Gasteiger partial charge in [-0.25, -0.2) is 0 Å². The number of nitrogens with zero attached hydrogens (tertiary/aromatic N) is 1. The van der Waals surface area contributed by atoms with Crippen molar-refractivity contribution in [3.05, 3.63) is 21.4 Å². The lowest BCUT2D eigenvalue weighted by Gasteiger charge is -2.41. The third-order valence-corrected chi connectivity index (χ3v) is 5.34. The van der Waals surface area contributed by atoms with Crippen molar-refractivity contribution in [1.82, 2.24) is 10.2 Å². The van der Waals surface area contributed by atoms with E-state index in [1.165, 1.54) is 34.7 Å². The van der Waals surface area contributed by atoms with Gasteiger partial charge in [-0.1, -0.05) is 0 Å². The first-order valence-corrected chi connectivity index (χ1v) is 7.84. The number of rotatable bonds is 3. The minimum Gasteiger partial charge on any atom is -0.317 e. The summed E-state index contributed by atoms with van der Waals surface area (Å²) < 4.78 is 0. The van der Waals surface area contributed by atoms with Gasteiger partial charge in [0, 0.05) is 34.4 Å². The normalized spacial score (nSPS) is 27.4. The first-order valence-electron chi connectivity index (χ1n) is 7.03. The first kappa shape index (κ1) is 14.0. The Morgan fingerprint density at radius 2 is 2.17 bits per heavy atom. The lowest BCUT2D eigenvalue weighted by molar-refractivity contribution is 0.0974. The minimum absolute atomic E-state index is 0.558. The number of hydrogen-bond donors (Lipinski definition) is 1. The van der Waals surface area contributed by atoms with Crippen LogP contribution in [-0.2, 0) is 0 Å². The molecule has 0 amide bonds. The fraction of sp³-hybridized carbons (Fsp3) is 0.733. The Kier molecular flexibility index (Phi) is 4.46. The molecule has 0 radical (unpaired) electrons. The fourth-order valence-electron chi connectivity index (χ4n) is 3.27. The highest BCUT2D eigenvalue weighted by Crippen LogP contribution is 2.33. The van der Waals surface area contributed by atoms with Gasteiger partial charge in [-0.15, -0.1) is 11.3 Å². The van der Waals surface area contributed by atoms with Crippen molar-refractivity contribution in [2.45, 2.75) is 58.7 Å². The van der Waals surface area contributed by atoms with Crippen LogP contribution in [0.2, 0.25) is 0 Å². The number of piperidine rings is 1. The number of hydrogen-bond acceptors (Lipinski definition) is 3. The van der Waals surface area contributed by atoms with E-state index in [1.807, 2.05) is 11.3 Å². The van der Waals surface area contributed by atoms with Crippen molar-refractivity contribution in [2.75, 3.05) is 13.6 Å². The van der Waals surface area contributed by atoms with Crippen LogP contribution in [0.3, 0.4) is 0 Å². The summed E-state index contributed by atoms with van der Waals surface area (Å²) in [6.45, 7) is 10.4. The smallest absolute Gasteiger partial charge is 0.0333 e. The molecule has 0 aromatic carbocycles. The van der Waals surface area contributed by atoms with Crippen molar-refractivity contribution >= 4 is 11.3 Å². The molecule has 0 bridgehead atoms. The molecule has 18 heavy (non-hydrogen) atoms. The maximum absolute atomic E-state index is 3.42. The molecular weight excluding hydrogens is 240 g/mol. The quantitative estimate of drug-likeness (QED) is 0.901. The maximum atomic E-state index is 3.42. The Morgan fingerprint density at radius 1 is 1.44 bits per heavy atom. The zero-order valence-electron chi connectivity index (χ0n) is 12.3. The van der Waals surface area contributed by atoms with E-state index in [0.29, 0.717) is 18.1 Å². The van der Waals surface area contributed by atoms with Gasteiger partial charge in [0.25, 0.3) is 0 Å². The molecule has 1 aromatic rings. The van der Waals surface area contributed by atoms with Gasteiger partial charge in [-0.2, -0.15) is 0 Å². The molecule has 3 unspecified atom stereocenters. The Labute approximate surface area is 115 Å². The molecule has 3 heteroatoms. The zero-order chi connectivity index (χ0) is 13.3. The standard InChI is InChI=1S/C15H26N2S/c1-10-8-14(16-5)6-7-17(10)12(3)15-9-11(2)18-13(15)4/h9-10,12,14,16H,6-8H2,1-5H3. The monoisotopic (exact) mass is 266 g/mol. The van der Waals surface area contributed by atoms with E-state index in [0.717, 1.165) is 0 Å². The van der Waals surface area contributed by atoms with Crippen molar-refractivity contribution in [1.29, 1.82) is 0 Å². The van der Waals surface area contributed by atoms with Crippen molar-refractivity contribution in [3.63, 3.8) is 0 Å². The number of aryl methyl sites for hydroxylation is 2. The van der Waals surface area contributed by atoms with Crippen LogP contribution in [0, 0.1) is 13.8 Å². The fourth-order valence-corrected chi connectivity index (χ4v) is 4.29. The summed E-state index contributed by atoms with van der Waals surface area (Å²) >= 11 is 1.93. The van der Waals surface area contributed by atoms with Crippen LogP contribution in [0.1, 0.15) is 48.0 Å². The SMILES string of the molecule is CNC1CCN(C(C)c2cc(C)sc2C)C(C)C1. The second-order valence-electron chi connectivity index (χ2n) is 5.64. The highest BCUT2D eigenvalue weighted by molar-refractivity contribution is 7.12. The van der Waals surface area contributed by atoms with E-state index in [9.17, 15) is 0 Å². The van der Waals surface area contributed by atoms with Gasteiger partial charge < -0.3 is 5.32 Å². The van der Waals surface area contributed by atoms with Crippen LogP contribution >= 0.6 is 11.3 Å². The summed E-state index contributed by atoms with van der Waals surface area (Å²) in [6.07, 6.45) is 2.54. The van der Waals surface area contributed by atoms with Crippen LogP contribution in [0.15, 0.2) is 6.07 Å². The lowest BCUT2D eigenvalue weighted by atomic mass is 9.95. The Morgan fingerprint density at radius 3 is 2.67 bits per heavy atom. The summed E-state index contributed by atoms with van der Waals surface area (Å²) in [4.78, 5) is 5.59. The molecule has 2 heterocycles. The Bertz CT molecular complexity index is 399. The predicted octanol–water partition coefficient (Wildman–Crippen LogP) is 3.50. The van der Waals surface area contributed by atoms with Crippen LogP contribution < -0.4 is 5.32 Å². The van der Waals surface area contributed by atoms with Crippen molar-refractivity contribution in [3.8, 4) is 0 Å². The second kappa shape index (κ2) is 5.72. The Hall–Kier alpha value is -0.380. The second-order valence-corrected chi connectivity index (χ2v) is 7.10. The van der Waals surface area contributed by atoms with Crippen LogP contribution in [0.4, 0.5) is 0 Å². The molecule has 1 saturated heterocycles. The van der Waals surface area contributed by atoms with E-state index in [-0.39, 0.29) is 0 Å². The third kappa shape index (κ3) is 2.79. The van der Waals surface area contributed by atoms with Crippen LogP contribution in [-0.4, -0.2) is 30.6 Å². The predicted molar refractivity (Wildman–Crippen MR) is 80.5 cm³/mol.